The van der Waals surface area contributed by atoms with Crippen LogP contribution < -0.4 is 16.4 Å². The Kier molecular flexibility index (Phi) is 4.81. The molecule has 0 bridgehead atoms. The van der Waals surface area contributed by atoms with Gasteiger partial charge in [0, 0.05) is 36.9 Å². The first-order valence-electron chi connectivity index (χ1n) is 6.39. The largest absolute Gasteiger partial charge is 0.375 e. The highest BCUT2D eigenvalue weighted by Gasteiger charge is 2.16. The minimum Gasteiger partial charge on any atom is -0.375 e. The average molecular weight is 297 g/mol. The summed E-state index contributed by atoms with van der Waals surface area (Å²) in [5, 5.41) is 6.60. The molecule has 0 spiro atoms. The van der Waals surface area contributed by atoms with Crippen molar-refractivity contribution in [2.75, 3.05) is 38.0 Å². The topological polar surface area (TPSA) is 87.5 Å². The number of carbonyl (C=O) groups is 2. The maximum absolute atomic E-state index is 12.0. The van der Waals surface area contributed by atoms with Crippen molar-refractivity contribution in [1.29, 1.82) is 0 Å². The van der Waals surface area contributed by atoms with Crippen molar-refractivity contribution in [3.8, 4) is 0 Å². The summed E-state index contributed by atoms with van der Waals surface area (Å²) in [4.78, 5) is 25.1. The molecule has 0 aliphatic carbocycles. The molecule has 2 amide bonds. The number of carbonyl (C=O) groups excluding carboxylic acids is 2. The highest BCUT2D eigenvalue weighted by atomic mass is 35.5. The van der Waals surface area contributed by atoms with E-state index in [1.807, 2.05) is 0 Å². The Bertz CT molecular complexity index is 515. The van der Waals surface area contributed by atoms with Gasteiger partial charge in [-0.25, -0.2) is 0 Å². The molecule has 1 aliphatic rings. The van der Waals surface area contributed by atoms with Gasteiger partial charge in [0.25, 0.3) is 5.91 Å². The van der Waals surface area contributed by atoms with E-state index in [0.717, 1.165) is 13.1 Å². The van der Waals surface area contributed by atoms with Crippen LogP contribution in [0.25, 0.3) is 0 Å². The van der Waals surface area contributed by atoms with Gasteiger partial charge in [-0.3, -0.25) is 9.59 Å². The molecule has 0 saturated carbocycles. The number of nitrogens with two attached hydrogens (primary N) is 1. The fraction of sp³-hybridized carbons (Fsp3) is 0.385. The van der Waals surface area contributed by atoms with Gasteiger partial charge in [-0.05, 0) is 18.2 Å². The van der Waals surface area contributed by atoms with E-state index in [1.54, 1.807) is 23.1 Å². The van der Waals surface area contributed by atoms with Gasteiger partial charge in [0.1, 0.15) is 0 Å². The SMILES string of the molecule is NC(=O)c1ccc(Cl)cc1NCC(=O)N1CCNCC1. The van der Waals surface area contributed by atoms with Gasteiger partial charge < -0.3 is 21.3 Å². The van der Waals surface area contributed by atoms with E-state index in [9.17, 15) is 9.59 Å². The number of nitrogens with one attached hydrogen (secondary N) is 2. The molecule has 0 atom stereocenters. The van der Waals surface area contributed by atoms with Crippen molar-refractivity contribution in [3.63, 3.8) is 0 Å². The lowest BCUT2D eigenvalue weighted by Gasteiger charge is -2.27. The Morgan fingerprint density at radius 3 is 2.70 bits per heavy atom. The number of hydrogen-bond acceptors (Lipinski definition) is 4. The van der Waals surface area contributed by atoms with Crippen molar-refractivity contribution >= 4 is 29.1 Å². The van der Waals surface area contributed by atoms with E-state index >= 15 is 0 Å². The van der Waals surface area contributed by atoms with Gasteiger partial charge in [-0.15, -0.1) is 0 Å². The Morgan fingerprint density at radius 1 is 1.35 bits per heavy atom. The lowest BCUT2D eigenvalue weighted by molar-refractivity contribution is -0.129. The van der Waals surface area contributed by atoms with E-state index in [-0.39, 0.29) is 12.5 Å². The third-order valence-corrected chi connectivity index (χ3v) is 3.38. The minimum atomic E-state index is -0.557. The molecule has 1 aromatic rings. The van der Waals surface area contributed by atoms with Gasteiger partial charge >= 0.3 is 0 Å². The average Bonchev–Trinajstić information content (AvgIpc) is 2.45. The first-order valence-corrected chi connectivity index (χ1v) is 6.77. The summed E-state index contributed by atoms with van der Waals surface area (Å²) < 4.78 is 0. The van der Waals surface area contributed by atoms with Crippen molar-refractivity contribution in [3.05, 3.63) is 28.8 Å². The molecule has 1 aliphatic heterocycles. The Labute approximate surface area is 122 Å². The first-order chi connectivity index (χ1) is 9.58. The number of nitrogens with zero attached hydrogens (tertiary/aromatic N) is 1. The van der Waals surface area contributed by atoms with Gasteiger partial charge in [-0.1, -0.05) is 11.6 Å². The zero-order valence-corrected chi connectivity index (χ0v) is 11.7. The van der Waals surface area contributed by atoms with E-state index in [0.29, 0.717) is 29.4 Å². The monoisotopic (exact) mass is 296 g/mol. The van der Waals surface area contributed by atoms with Gasteiger partial charge in [0.15, 0.2) is 0 Å². The van der Waals surface area contributed by atoms with Crippen molar-refractivity contribution in [2.45, 2.75) is 0 Å². The molecule has 0 radical (unpaired) electrons. The number of amides is 2. The fourth-order valence-electron chi connectivity index (χ4n) is 2.07. The highest BCUT2D eigenvalue weighted by Crippen LogP contribution is 2.20. The van der Waals surface area contributed by atoms with Gasteiger partial charge in [0.2, 0.25) is 5.91 Å². The normalized spacial score (nSPS) is 14.9. The number of primary amides is 1. The van der Waals surface area contributed by atoms with Crippen LogP contribution in [0.4, 0.5) is 5.69 Å². The van der Waals surface area contributed by atoms with Crippen LogP contribution in [0.5, 0.6) is 0 Å². The standard InChI is InChI=1S/C13H17ClN4O2/c14-9-1-2-10(13(15)20)11(7-9)17-8-12(19)18-5-3-16-4-6-18/h1-2,7,16-17H,3-6,8H2,(H2,15,20). The van der Waals surface area contributed by atoms with E-state index in [2.05, 4.69) is 10.6 Å². The third kappa shape index (κ3) is 3.61. The predicted octanol–water partition coefficient (Wildman–Crippen LogP) is 0.283. The second kappa shape index (κ2) is 6.58. The third-order valence-electron chi connectivity index (χ3n) is 3.15. The Hall–Kier alpha value is -1.79. The van der Waals surface area contributed by atoms with Crippen LogP contribution in [0.1, 0.15) is 10.4 Å². The summed E-state index contributed by atoms with van der Waals surface area (Å²) in [5.41, 5.74) is 6.09. The van der Waals surface area contributed by atoms with Crippen LogP contribution in [0.15, 0.2) is 18.2 Å². The van der Waals surface area contributed by atoms with Crippen LogP contribution in [0.3, 0.4) is 0 Å². The number of anilines is 1. The summed E-state index contributed by atoms with van der Waals surface area (Å²) in [6, 6.07) is 4.72. The molecular weight excluding hydrogens is 280 g/mol. The Balaban J connectivity index is 2.01. The first kappa shape index (κ1) is 14.6. The second-order valence-electron chi connectivity index (χ2n) is 4.54. The van der Waals surface area contributed by atoms with E-state index in [4.69, 9.17) is 17.3 Å². The lowest BCUT2D eigenvalue weighted by atomic mass is 10.1. The highest BCUT2D eigenvalue weighted by molar-refractivity contribution is 6.31. The predicted molar refractivity (Wildman–Crippen MR) is 77.9 cm³/mol. The number of piperazine rings is 1. The van der Waals surface area contributed by atoms with Crippen LogP contribution in [0.2, 0.25) is 5.02 Å². The smallest absolute Gasteiger partial charge is 0.250 e. The number of rotatable bonds is 4. The molecule has 1 fully saturated rings. The molecule has 2 rings (SSSR count). The van der Waals surface area contributed by atoms with Crippen LogP contribution in [-0.2, 0) is 4.79 Å². The number of benzene rings is 1. The zero-order chi connectivity index (χ0) is 14.5. The van der Waals surface area contributed by atoms with Gasteiger partial charge in [-0.2, -0.15) is 0 Å². The molecule has 6 nitrogen and oxygen atoms in total. The molecule has 4 N–H and O–H groups in total. The number of hydrogen-bond donors (Lipinski definition) is 3. The minimum absolute atomic E-state index is 0.0121. The van der Waals surface area contributed by atoms with Crippen LogP contribution in [-0.4, -0.2) is 49.4 Å². The van der Waals surface area contributed by atoms with E-state index < -0.39 is 5.91 Å². The summed E-state index contributed by atoms with van der Waals surface area (Å²) >= 11 is 5.89. The van der Waals surface area contributed by atoms with Crippen molar-refractivity contribution in [1.82, 2.24) is 10.2 Å². The summed E-state index contributed by atoms with van der Waals surface area (Å²) in [5.74, 6) is -0.569. The molecule has 1 aromatic carbocycles. The number of halogens is 1. The molecule has 0 unspecified atom stereocenters. The molecule has 1 saturated heterocycles. The molecule has 7 heteroatoms. The van der Waals surface area contributed by atoms with Crippen LogP contribution in [0, 0.1) is 0 Å². The zero-order valence-electron chi connectivity index (χ0n) is 11.0. The van der Waals surface area contributed by atoms with Crippen molar-refractivity contribution < 1.29 is 9.59 Å². The maximum atomic E-state index is 12.0. The molecule has 108 valence electrons. The molecule has 20 heavy (non-hydrogen) atoms. The van der Waals surface area contributed by atoms with Gasteiger partial charge in [0.05, 0.1) is 12.1 Å². The maximum Gasteiger partial charge on any atom is 0.250 e. The van der Waals surface area contributed by atoms with Crippen molar-refractivity contribution in [2.24, 2.45) is 5.73 Å². The second-order valence-corrected chi connectivity index (χ2v) is 4.97. The molecule has 1 heterocycles. The fourth-order valence-corrected chi connectivity index (χ4v) is 2.25. The van der Waals surface area contributed by atoms with E-state index in [1.165, 1.54) is 0 Å². The summed E-state index contributed by atoms with van der Waals surface area (Å²) in [6.07, 6.45) is 0. The molecule has 0 aromatic heterocycles. The summed E-state index contributed by atoms with van der Waals surface area (Å²) in [7, 11) is 0. The molecular formula is C13H17ClN4O2. The lowest BCUT2D eigenvalue weighted by Crippen LogP contribution is -2.48. The summed E-state index contributed by atoms with van der Waals surface area (Å²) in [6.45, 7) is 3.10. The Morgan fingerprint density at radius 2 is 2.05 bits per heavy atom. The quantitative estimate of drug-likeness (QED) is 0.745. The van der Waals surface area contributed by atoms with Crippen LogP contribution >= 0.6 is 11.6 Å².